The van der Waals surface area contributed by atoms with Gasteiger partial charge in [-0.3, -0.25) is 24.3 Å². The maximum absolute atomic E-state index is 13.2. The molecule has 162 valence electrons. The Bertz CT molecular complexity index is 1610. The number of anilines is 1. The number of nitrogens with zero attached hydrogens (tertiary/aromatic N) is 3. The van der Waals surface area contributed by atoms with E-state index in [0.29, 0.717) is 27.0 Å². The number of hydrogen-bond acceptors (Lipinski definition) is 6. The Labute approximate surface area is 190 Å². The average Bonchev–Trinajstić information content (AvgIpc) is 3.26. The Morgan fingerprint density at radius 3 is 2.70 bits per heavy atom. The molecular formula is C24H16N4O4S. The molecule has 8 nitrogen and oxygen atoms in total. The molecular weight excluding hydrogens is 440 g/mol. The molecule has 0 unspecified atom stereocenters. The molecule has 0 aliphatic rings. The quantitative estimate of drug-likeness (QED) is 0.301. The van der Waals surface area contributed by atoms with Gasteiger partial charge in [0.1, 0.15) is 11.4 Å². The zero-order chi connectivity index (χ0) is 22.9. The smallest absolute Gasteiger partial charge is 0.270 e. The van der Waals surface area contributed by atoms with Crippen LogP contribution in [0.3, 0.4) is 0 Å². The molecule has 2 aromatic heterocycles. The predicted molar refractivity (Wildman–Crippen MR) is 129 cm³/mol. The van der Waals surface area contributed by atoms with Crippen molar-refractivity contribution in [3.8, 4) is 11.1 Å². The molecule has 0 spiro atoms. The van der Waals surface area contributed by atoms with E-state index in [1.807, 2.05) is 42.5 Å². The van der Waals surface area contributed by atoms with Crippen LogP contribution in [0.1, 0.15) is 0 Å². The minimum atomic E-state index is -0.480. The molecule has 9 heteroatoms. The number of non-ortho nitro benzene ring substituents is 1. The molecule has 0 fully saturated rings. The molecule has 5 rings (SSSR count). The molecule has 33 heavy (non-hydrogen) atoms. The van der Waals surface area contributed by atoms with Crippen LogP contribution in [0.5, 0.6) is 0 Å². The van der Waals surface area contributed by atoms with Crippen molar-refractivity contribution in [3.05, 3.63) is 98.9 Å². The minimum absolute atomic E-state index is 0.0640. The highest BCUT2D eigenvalue weighted by Gasteiger charge is 2.16. The largest absolute Gasteiger partial charge is 0.325 e. The number of amides is 1. The van der Waals surface area contributed by atoms with E-state index in [1.165, 1.54) is 34.4 Å². The number of aromatic nitrogens is 2. The lowest BCUT2D eigenvalue weighted by molar-refractivity contribution is -0.384. The summed E-state index contributed by atoms with van der Waals surface area (Å²) in [5, 5.41) is 18.1. The first kappa shape index (κ1) is 20.5. The lowest BCUT2D eigenvalue weighted by Gasteiger charge is -2.09. The van der Waals surface area contributed by atoms with Gasteiger partial charge in [0, 0.05) is 28.8 Å². The van der Waals surface area contributed by atoms with E-state index in [2.05, 4.69) is 10.3 Å². The second-order valence-electron chi connectivity index (χ2n) is 7.42. The third kappa shape index (κ3) is 3.97. The van der Waals surface area contributed by atoms with Crippen molar-refractivity contribution in [3.63, 3.8) is 0 Å². The number of thiophene rings is 1. The normalized spacial score (nSPS) is 11.0. The van der Waals surface area contributed by atoms with Crippen molar-refractivity contribution in [1.29, 1.82) is 0 Å². The number of nitrogens with one attached hydrogen (secondary N) is 1. The van der Waals surface area contributed by atoms with Gasteiger partial charge >= 0.3 is 0 Å². The van der Waals surface area contributed by atoms with Gasteiger partial charge in [0.25, 0.3) is 11.2 Å². The molecule has 0 radical (unpaired) electrons. The lowest BCUT2D eigenvalue weighted by Crippen LogP contribution is -2.27. The molecule has 1 N–H and O–H groups in total. The Balaban J connectivity index is 1.45. The molecule has 0 aliphatic carbocycles. The second-order valence-corrected chi connectivity index (χ2v) is 8.28. The number of rotatable bonds is 5. The molecule has 0 bridgehead atoms. The summed E-state index contributed by atoms with van der Waals surface area (Å²) in [6.07, 6.45) is 1.35. The van der Waals surface area contributed by atoms with Crippen LogP contribution < -0.4 is 10.9 Å². The molecule has 0 saturated carbocycles. The van der Waals surface area contributed by atoms with E-state index >= 15 is 0 Å². The maximum Gasteiger partial charge on any atom is 0.270 e. The predicted octanol–water partition coefficient (Wildman–Crippen LogP) is 4.83. The van der Waals surface area contributed by atoms with Crippen LogP contribution in [0.15, 0.2) is 83.2 Å². The standard InChI is InChI=1S/C24H16N4O4S/c29-21(26-18-9-8-15-4-1-2-5-16(15)10-18)12-27-14-25-23-22(24(27)30)20(13-33-23)17-6-3-7-19(11-17)28(31)32/h1-11,13-14H,12H2,(H,26,29). The summed E-state index contributed by atoms with van der Waals surface area (Å²) < 4.78 is 1.24. The number of fused-ring (bicyclic) bond motifs is 2. The highest BCUT2D eigenvalue weighted by Crippen LogP contribution is 2.32. The summed E-state index contributed by atoms with van der Waals surface area (Å²) in [4.78, 5) is 41.3. The van der Waals surface area contributed by atoms with Gasteiger partial charge in [0.05, 0.1) is 16.6 Å². The number of nitro benzene ring substituents is 1. The SMILES string of the molecule is O=C(Cn1cnc2scc(-c3cccc([N+](=O)[O-])c3)c2c1=O)Nc1ccc2ccccc2c1. The summed E-state index contributed by atoms with van der Waals surface area (Å²) in [6, 6.07) is 19.5. The van der Waals surface area contributed by atoms with Gasteiger partial charge in [0.15, 0.2) is 0 Å². The van der Waals surface area contributed by atoms with Crippen LogP contribution >= 0.6 is 11.3 Å². The fraction of sp³-hybridized carbons (Fsp3) is 0.0417. The van der Waals surface area contributed by atoms with Gasteiger partial charge in [-0.25, -0.2) is 4.98 Å². The van der Waals surface area contributed by atoms with Gasteiger partial charge in [-0.2, -0.15) is 0 Å². The Morgan fingerprint density at radius 2 is 1.88 bits per heavy atom. The Kier molecular flexibility index (Phi) is 5.15. The average molecular weight is 456 g/mol. The first-order chi connectivity index (χ1) is 16.0. The van der Waals surface area contributed by atoms with Gasteiger partial charge in [-0.1, -0.05) is 42.5 Å². The van der Waals surface area contributed by atoms with E-state index in [-0.39, 0.29) is 23.7 Å². The fourth-order valence-electron chi connectivity index (χ4n) is 3.70. The molecule has 5 aromatic rings. The topological polar surface area (TPSA) is 107 Å². The zero-order valence-corrected chi connectivity index (χ0v) is 17.9. The van der Waals surface area contributed by atoms with E-state index in [0.717, 1.165) is 10.8 Å². The number of nitro groups is 1. The van der Waals surface area contributed by atoms with Crippen LogP contribution in [0.4, 0.5) is 11.4 Å². The van der Waals surface area contributed by atoms with Crippen LogP contribution in [0.25, 0.3) is 32.1 Å². The maximum atomic E-state index is 13.2. The third-order valence-corrected chi connectivity index (χ3v) is 6.16. The molecule has 0 saturated heterocycles. The van der Waals surface area contributed by atoms with Crippen LogP contribution in [-0.2, 0) is 11.3 Å². The van der Waals surface area contributed by atoms with E-state index in [9.17, 15) is 19.7 Å². The van der Waals surface area contributed by atoms with Crippen LogP contribution in [-0.4, -0.2) is 20.4 Å². The molecule has 3 aromatic carbocycles. The molecule has 0 atom stereocenters. The molecule has 0 aliphatic heterocycles. The van der Waals surface area contributed by atoms with Gasteiger partial charge in [0.2, 0.25) is 5.91 Å². The molecule has 2 heterocycles. The summed E-state index contributed by atoms with van der Waals surface area (Å²) in [5.74, 6) is -0.361. The first-order valence-electron chi connectivity index (χ1n) is 10.00. The summed E-state index contributed by atoms with van der Waals surface area (Å²) >= 11 is 1.27. The van der Waals surface area contributed by atoms with Crippen molar-refractivity contribution in [2.24, 2.45) is 0 Å². The summed E-state index contributed by atoms with van der Waals surface area (Å²) in [7, 11) is 0. The highest BCUT2D eigenvalue weighted by atomic mass is 32.1. The van der Waals surface area contributed by atoms with Crippen molar-refractivity contribution in [1.82, 2.24) is 9.55 Å². The van der Waals surface area contributed by atoms with E-state index in [4.69, 9.17) is 0 Å². The van der Waals surface area contributed by atoms with Gasteiger partial charge < -0.3 is 5.32 Å². The van der Waals surface area contributed by atoms with Crippen LogP contribution in [0, 0.1) is 10.1 Å². The lowest BCUT2D eigenvalue weighted by atomic mass is 10.1. The van der Waals surface area contributed by atoms with Crippen molar-refractivity contribution < 1.29 is 9.72 Å². The number of carbonyl (C=O) groups excluding carboxylic acids is 1. The monoisotopic (exact) mass is 456 g/mol. The second kappa shape index (κ2) is 8.29. The Hall–Kier alpha value is -4.37. The zero-order valence-electron chi connectivity index (χ0n) is 17.1. The van der Waals surface area contributed by atoms with Crippen molar-refractivity contribution in [2.45, 2.75) is 6.54 Å². The van der Waals surface area contributed by atoms with E-state index in [1.54, 1.807) is 17.5 Å². The van der Waals surface area contributed by atoms with Crippen molar-refractivity contribution >= 4 is 49.6 Å². The third-order valence-electron chi connectivity index (χ3n) is 5.28. The summed E-state index contributed by atoms with van der Waals surface area (Å²) in [6.45, 7) is -0.209. The first-order valence-corrected chi connectivity index (χ1v) is 10.9. The number of benzene rings is 3. The Morgan fingerprint density at radius 1 is 1.06 bits per heavy atom. The van der Waals surface area contributed by atoms with Gasteiger partial charge in [-0.15, -0.1) is 11.3 Å². The summed E-state index contributed by atoms with van der Waals surface area (Å²) in [5.41, 5.74) is 1.30. The van der Waals surface area contributed by atoms with Gasteiger partial charge in [-0.05, 0) is 28.5 Å². The fourth-order valence-corrected chi connectivity index (χ4v) is 4.61. The van der Waals surface area contributed by atoms with E-state index < -0.39 is 4.92 Å². The minimum Gasteiger partial charge on any atom is -0.325 e. The number of hydrogen-bond donors (Lipinski definition) is 1. The molecule has 1 amide bonds. The highest BCUT2D eigenvalue weighted by molar-refractivity contribution is 7.17. The number of carbonyl (C=O) groups is 1. The van der Waals surface area contributed by atoms with Crippen LogP contribution in [0.2, 0.25) is 0 Å². The van der Waals surface area contributed by atoms with Crippen molar-refractivity contribution in [2.75, 3.05) is 5.32 Å².